The summed E-state index contributed by atoms with van der Waals surface area (Å²) in [5.74, 6) is 0.158. The topological polar surface area (TPSA) is 60.9 Å². The van der Waals surface area contributed by atoms with Crippen molar-refractivity contribution in [1.82, 2.24) is 9.80 Å². The molecular formula is C21H30FN3O3S. The van der Waals surface area contributed by atoms with E-state index in [0.717, 1.165) is 57.5 Å². The normalized spacial score (nSPS) is 25.4. The lowest BCUT2D eigenvalue weighted by Crippen LogP contribution is -2.54. The van der Waals surface area contributed by atoms with Crippen LogP contribution < -0.4 is 4.90 Å². The van der Waals surface area contributed by atoms with Gasteiger partial charge in [0.2, 0.25) is 5.91 Å². The Bertz CT molecular complexity index is 816. The Morgan fingerprint density at radius 2 is 1.66 bits per heavy atom. The zero-order chi connectivity index (χ0) is 20.4. The van der Waals surface area contributed by atoms with Gasteiger partial charge in [-0.25, -0.2) is 12.8 Å². The van der Waals surface area contributed by atoms with Crippen molar-refractivity contribution in [3.05, 3.63) is 30.1 Å². The summed E-state index contributed by atoms with van der Waals surface area (Å²) >= 11 is 0. The number of halogens is 1. The Balaban J connectivity index is 1.36. The van der Waals surface area contributed by atoms with E-state index in [1.54, 1.807) is 12.1 Å². The SMILES string of the molecule is O=C(CN1CCN(c2ccc(F)cc2)CC1)N(C1CCCC1)[C@@H]1CCS(=O)(=O)C1. The number of amides is 1. The fourth-order valence-corrected chi connectivity index (χ4v) is 6.68. The maximum Gasteiger partial charge on any atom is 0.237 e. The molecule has 2 saturated heterocycles. The largest absolute Gasteiger partial charge is 0.369 e. The number of sulfone groups is 1. The molecule has 3 aliphatic rings. The van der Waals surface area contributed by atoms with Crippen molar-refractivity contribution in [3.8, 4) is 0 Å². The molecule has 1 aromatic carbocycles. The molecule has 1 saturated carbocycles. The number of carbonyl (C=O) groups is 1. The number of hydrogen-bond acceptors (Lipinski definition) is 5. The molecule has 1 atom stereocenters. The average Bonchev–Trinajstić information content (AvgIpc) is 3.33. The molecule has 0 aromatic heterocycles. The molecule has 0 N–H and O–H groups in total. The van der Waals surface area contributed by atoms with Gasteiger partial charge in [0, 0.05) is 44.0 Å². The monoisotopic (exact) mass is 423 g/mol. The second-order valence-corrected chi connectivity index (χ2v) is 10.8. The van der Waals surface area contributed by atoms with Crippen molar-refractivity contribution >= 4 is 21.4 Å². The van der Waals surface area contributed by atoms with Crippen LogP contribution in [0.1, 0.15) is 32.1 Å². The van der Waals surface area contributed by atoms with E-state index in [0.29, 0.717) is 13.0 Å². The minimum atomic E-state index is -3.02. The van der Waals surface area contributed by atoms with Crippen LogP contribution in [-0.2, 0) is 14.6 Å². The molecular weight excluding hydrogens is 393 g/mol. The molecule has 6 nitrogen and oxygen atoms in total. The maximum absolute atomic E-state index is 13.2. The summed E-state index contributed by atoms with van der Waals surface area (Å²) < 4.78 is 37.1. The van der Waals surface area contributed by atoms with E-state index in [-0.39, 0.29) is 35.3 Å². The molecule has 2 aliphatic heterocycles. The van der Waals surface area contributed by atoms with Crippen molar-refractivity contribution in [1.29, 1.82) is 0 Å². The van der Waals surface area contributed by atoms with Crippen molar-refractivity contribution in [3.63, 3.8) is 0 Å². The molecule has 1 aliphatic carbocycles. The fraction of sp³-hybridized carbons (Fsp3) is 0.667. The molecule has 2 heterocycles. The van der Waals surface area contributed by atoms with Crippen LogP contribution in [0.3, 0.4) is 0 Å². The van der Waals surface area contributed by atoms with Gasteiger partial charge in [-0.1, -0.05) is 12.8 Å². The summed E-state index contributed by atoms with van der Waals surface area (Å²) in [6.07, 6.45) is 4.78. The van der Waals surface area contributed by atoms with Crippen molar-refractivity contribution in [2.75, 3.05) is 49.1 Å². The standard InChI is InChI=1S/C21H30FN3O3S/c22-17-5-7-18(8-6-17)24-12-10-23(11-13-24)15-21(26)25(19-3-1-2-4-19)20-9-14-29(27,28)16-20/h5-8,19-20H,1-4,9-16H2/t20-/m1/s1. The van der Waals surface area contributed by atoms with Crippen molar-refractivity contribution < 1.29 is 17.6 Å². The first-order valence-electron chi connectivity index (χ1n) is 10.7. The number of hydrogen-bond donors (Lipinski definition) is 0. The quantitative estimate of drug-likeness (QED) is 0.724. The van der Waals surface area contributed by atoms with E-state index in [9.17, 15) is 17.6 Å². The number of benzene rings is 1. The molecule has 4 rings (SSSR count). The third-order valence-electron chi connectivity index (χ3n) is 6.53. The third-order valence-corrected chi connectivity index (χ3v) is 8.28. The highest BCUT2D eigenvalue weighted by Gasteiger charge is 2.39. The Labute approximate surface area is 172 Å². The van der Waals surface area contributed by atoms with Crippen LogP contribution in [-0.4, -0.2) is 80.4 Å². The van der Waals surface area contributed by atoms with E-state index in [1.165, 1.54) is 12.1 Å². The van der Waals surface area contributed by atoms with E-state index in [2.05, 4.69) is 9.80 Å². The van der Waals surface area contributed by atoms with Gasteiger partial charge < -0.3 is 9.80 Å². The van der Waals surface area contributed by atoms with Crippen molar-refractivity contribution in [2.45, 2.75) is 44.2 Å². The zero-order valence-corrected chi connectivity index (χ0v) is 17.6. The van der Waals surface area contributed by atoms with E-state index >= 15 is 0 Å². The van der Waals surface area contributed by atoms with Crippen LogP contribution >= 0.6 is 0 Å². The molecule has 0 unspecified atom stereocenters. The Morgan fingerprint density at radius 3 is 2.24 bits per heavy atom. The Hall–Kier alpha value is -1.67. The predicted molar refractivity (Wildman–Crippen MR) is 111 cm³/mol. The van der Waals surface area contributed by atoms with Gasteiger partial charge in [-0.2, -0.15) is 0 Å². The smallest absolute Gasteiger partial charge is 0.237 e. The summed E-state index contributed by atoms with van der Waals surface area (Å²) in [7, 11) is -3.02. The van der Waals surface area contributed by atoms with Gasteiger partial charge in [0.25, 0.3) is 0 Å². The molecule has 8 heteroatoms. The van der Waals surface area contributed by atoms with Crippen molar-refractivity contribution in [2.24, 2.45) is 0 Å². The van der Waals surface area contributed by atoms with E-state index < -0.39 is 9.84 Å². The van der Waals surface area contributed by atoms with Crippen LogP contribution in [0.4, 0.5) is 10.1 Å². The minimum Gasteiger partial charge on any atom is -0.369 e. The molecule has 3 fully saturated rings. The molecule has 160 valence electrons. The van der Waals surface area contributed by atoms with Crippen LogP contribution in [0.25, 0.3) is 0 Å². The second-order valence-electron chi connectivity index (χ2n) is 8.54. The molecule has 1 amide bonds. The maximum atomic E-state index is 13.2. The fourth-order valence-electron chi connectivity index (χ4n) is 4.97. The van der Waals surface area contributed by atoms with Gasteiger partial charge in [-0.3, -0.25) is 9.69 Å². The Morgan fingerprint density at radius 1 is 1.00 bits per heavy atom. The summed E-state index contributed by atoms with van der Waals surface area (Å²) in [4.78, 5) is 19.5. The third kappa shape index (κ3) is 4.91. The number of piperazine rings is 1. The number of rotatable bonds is 5. The van der Waals surface area contributed by atoms with Crippen LogP contribution in [0.15, 0.2) is 24.3 Å². The predicted octanol–water partition coefficient (Wildman–Crippen LogP) is 1.91. The molecule has 0 bridgehead atoms. The summed E-state index contributed by atoms with van der Waals surface area (Å²) in [6.45, 7) is 3.47. The number of nitrogens with zero attached hydrogens (tertiary/aromatic N) is 3. The van der Waals surface area contributed by atoms with Gasteiger partial charge in [0.15, 0.2) is 9.84 Å². The van der Waals surface area contributed by atoms with Gasteiger partial charge in [-0.05, 0) is 43.5 Å². The highest BCUT2D eigenvalue weighted by Crippen LogP contribution is 2.29. The number of carbonyl (C=O) groups excluding carboxylic acids is 1. The molecule has 29 heavy (non-hydrogen) atoms. The highest BCUT2D eigenvalue weighted by molar-refractivity contribution is 7.91. The highest BCUT2D eigenvalue weighted by atomic mass is 32.2. The molecule has 1 aromatic rings. The first kappa shape index (κ1) is 20.6. The second kappa shape index (κ2) is 8.60. The first-order valence-corrected chi connectivity index (χ1v) is 12.5. The summed E-state index contributed by atoms with van der Waals surface area (Å²) in [5.41, 5.74) is 1.00. The lowest BCUT2D eigenvalue weighted by Gasteiger charge is -2.39. The molecule has 0 spiro atoms. The average molecular weight is 424 g/mol. The minimum absolute atomic E-state index is 0.0780. The zero-order valence-electron chi connectivity index (χ0n) is 16.8. The molecule has 0 radical (unpaired) electrons. The van der Waals surface area contributed by atoms with E-state index in [4.69, 9.17) is 0 Å². The number of anilines is 1. The van der Waals surface area contributed by atoms with Gasteiger partial charge in [-0.15, -0.1) is 0 Å². The first-order chi connectivity index (χ1) is 13.9. The Kier molecular flexibility index (Phi) is 6.11. The van der Waals surface area contributed by atoms with Gasteiger partial charge in [0.05, 0.1) is 18.1 Å². The van der Waals surface area contributed by atoms with Crippen LogP contribution in [0, 0.1) is 5.82 Å². The van der Waals surface area contributed by atoms with Crippen LogP contribution in [0.2, 0.25) is 0 Å². The van der Waals surface area contributed by atoms with Gasteiger partial charge >= 0.3 is 0 Å². The lowest BCUT2D eigenvalue weighted by molar-refractivity contribution is -0.137. The summed E-state index contributed by atoms with van der Waals surface area (Å²) in [5, 5.41) is 0. The van der Waals surface area contributed by atoms with Gasteiger partial charge in [0.1, 0.15) is 5.82 Å². The summed E-state index contributed by atoms with van der Waals surface area (Å²) in [6, 6.07) is 6.56. The van der Waals surface area contributed by atoms with E-state index in [1.807, 2.05) is 4.90 Å². The van der Waals surface area contributed by atoms with Crippen LogP contribution in [0.5, 0.6) is 0 Å². The lowest BCUT2D eigenvalue weighted by atomic mass is 10.1.